The van der Waals surface area contributed by atoms with Crippen LogP contribution >= 0.6 is 0 Å². The molecule has 0 atom stereocenters. The average molecular weight is 375 g/mol. The van der Waals surface area contributed by atoms with Crippen LogP contribution in [0.2, 0.25) is 0 Å². The van der Waals surface area contributed by atoms with Crippen molar-refractivity contribution in [1.82, 2.24) is 4.72 Å². The highest BCUT2D eigenvalue weighted by Crippen LogP contribution is 2.23. The first-order chi connectivity index (χ1) is 12.6. The minimum absolute atomic E-state index is 0.130. The summed E-state index contributed by atoms with van der Waals surface area (Å²) in [6.07, 6.45) is 7.22. The predicted octanol–water partition coefficient (Wildman–Crippen LogP) is 2.81. The summed E-state index contributed by atoms with van der Waals surface area (Å²) >= 11 is 0. The zero-order valence-electron chi connectivity index (χ0n) is 15.0. The Bertz CT molecular complexity index is 785. The Labute approximate surface area is 156 Å². The van der Waals surface area contributed by atoms with E-state index in [0.717, 1.165) is 62.7 Å². The van der Waals surface area contributed by atoms with E-state index in [-0.39, 0.29) is 17.7 Å². The van der Waals surface area contributed by atoms with Crippen LogP contribution in [0.4, 0.5) is 5.69 Å². The van der Waals surface area contributed by atoms with Gasteiger partial charge in [0.15, 0.2) is 0 Å². The van der Waals surface area contributed by atoms with E-state index >= 15 is 0 Å². The molecule has 3 rings (SSSR count). The molecule has 2 fully saturated rings. The molecule has 5 nitrogen and oxygen atoms in total. The molecule has 1 saturated heterocycles. The van der Waals surface area contributed by atoms with E-state index in [1.807, 2.05) is 29.2 Å². The topological polar surface area (TPSA) is 66.5 Å². The summed E-state index contributed by atoms with van der Waals surface area (Å²) in [5, 5.41) is -0.264. The smallest absolute Gasteiger partial charge is 0.226 e. The molecule has 1 aliphatic carbocycles. The maximum absolute atomic E-state index is 12.2. The Morgan fingerprint density at radius 3 is 2.46 bits per heavy atom. The van der Waals surface area contributed by atoms with Crippen molar-refractivity contribution in [2.24, 2.45) is 0 Å². The van der Waals surface area contributed by atoms with Crippen LogP contribution in [0.1, 0.15) is 56.9 Å². The number of amides is 1. The van der Waals surface area contributed by atoms with Gasteiger partial charge in [0.1, 0.15) is 0 Å². The first kappa shape index (κ1) is 18.9. The van der Waals surface area contributed by atoms with E-state index in [0.29, 0.717) is 6.42 Å². The summed E-state index contributed by atoms with van der Waals surface area (Å²) in [5.41, 5.74) is 1.72. The van der Waals surface area contributed by atoms with Gasteiger partial charge >= 0.3 is 0 Å². The number of hydrogen-bond donors (Lipinski definition) is 1. The zero-order valence-corrected chi connectivity index (χ0v) is 15.9. The first-order valence-electron chi connectivity index (χ1n) is 9.44. The van der Waals surface area contributed by atoms with E-state index in [2.05, 4.69) is 16.6 Å². The molecule has 0 bridgehead atoms. The predicted molar refractivity (Wildman–Crippen MR) is 103 cm³/mol. The van der Waals surface area contributed by atoms with Gasteiger partial charge in [-0.15, -0.1) is 0 Å². The molecule has 140 valence electrons. The van der Waals surface area contributed by atoms with Crippen LogP contribution in [-0.4, -0.2) is 32.7 Å². The average Bonchev–Trinajstić information content (AvgIpc) is 2.67. The largest absolute Gasteiger partial charge is 0.312 e. The highest BCUT2D eigenvalue weighted by molar-refractivity contribution is 7.90. The third-order valence-electron chi connectivity index (χ3n) is 5.09. The number of hydrogen-bond acceptors (Lipinski definition) is 3. The second-order valence-electron chi connectivity index (χ2n) is 6.98. The van der Waals surface area contributed by atoms with Gasteiger partial charge in [-0.1, -0.05) is 31.1 Å². The second-order valence-corrected chi connectivity index (χ2v) is 9.02. The molecule has 1 N–H and O–H groups in total. The Morgan fingerprint density at radius 2 is 1.77 bits per heavy atom. The number of piperidine rings is 1. The van der Waals surface area contributed by atoms with Gasteiger partial charge in [0.25, 0.3) is 0 Å². The van der Waals surface area contributed by atoms with Gasteiger partial charge in [-0.25, -0.2) is 13.1 Å². The van der Waals surface area contributed by atoms with Crippen LogP contribution in [0.15, 0.2) is 24.3 Å². The van der Waals surface area contributed by atoms with Crippen molar-refractivity contribution >= 4 is 21.6 Å². The van der Waals surface area contributed by atoms with E-state index in [9.17, 15) is 13.2 Å². The van der Waals surface area contributed by atoms with Crippen molar-refractivity contribution in [3.8, 4) is 11.8 Å². The fraction of sp³-hybridized carbons (Fsp3) is 0.550. The fourth-order valence-corrected chi connectivity index (χ4v) is 5.04. The minimum atomic E-state index is -3.26. The second kappa shape index (κ2) is 8.70. The monoisotopic (exact) mass is 374 g/mol. The van der Waals surface area contributed by atoms with Crippen molar-refractivity contribution in [3.05, 3.63) is 29.8 Å². The first-order valence-corrected chi connectivity index (χ1v) is 11.0. The number of carbonyl (C=O) groups is 1. The molecule has 2 aliphatic rings. The maximum Gasteiger partial charge on any atom is 0.226 e. The molecule has 0 spiro atoms. The summed E-state index contributed by atoms with van der Waals surface area (Å²) in [6, 6.07) is 7.55. The molecule has 1 heterocycles. The van der Waals surface area contributed by atoms with Gasteiger partial charge in [-0.2, -0.15) is 0 Å². The Hall–Kier alpha value is -1.84. The van der Waals surface area contributed by atoms with Crippen molar-refractivity contribution in [3.63, 3.8) is 0 Å². The molecule has 1 amide bonds. The van der Waals surface area contributed by atoms with Gasteiger partial charge in [-0.05, 0) is 49.9 Å². The highest BCUT2D eigenvalue weighted by atomic mass is 32.2. The normalized spacial score (nSPS) is 19.1. The summed E-state index contributed by atoms with van der Waals surface area (Å²) in [5.74, 6) is 6.04. The standard InChI is InChI=1S/C20H26N2O3S/c23-20-10-4-5-16-22(20)18-13-11-17(12-14-18)7-6-15-21-26(24,25)19-8-2-1-3-9-19/h11-14,19,21H,1-5,8-10,15-16H2. The van der Waals surface area contributed by atoms with Crippen molar-refractivity contribution < 1.29 is 13.2 Å². The van der Waals surface area contributed by atoms with Crippen LogP contribution < -0.4 is 9.62 Å². The van der Waals surface area contributed by atoms with E-state index in [4.69, 9.17) is 0 Å². The summed E-state index contributed by atoms with van der Waals surface area (Å²) in [7, 11) is -3.26. The molecular weight excluding hydrogens is 348 g/mol. The number of benzene rings is 1. The SMILES string of the molecule is O=C1CCCCN1c1ccc(C#CCNS(=O)(=O)C2CCCCC2)cc1. The third kappa shape index (κ3) is 4.87. The lowest BCUT2D eigenvalue weighted by Crippen LogP contribution is -2.35. The molecule has 1 aromatic rings. The zero-order chi connectivity index (χ0) is 18.4. The van der Waals surface area contributed by atoms with Gasteiger partial charge in [0.2, 0.25) is 15.9 Å². The van der Waals surface area contributed by atoms with Gasteiger partial charge in [0, 0.05) is 24.2 Å². The Morgan fingerprint density at radius 1 is 1.04 bits per heavy atom. The number of sulfonamides is 1. The van der Waals surface area contributed by atoms with E-state index in [1.165, 1.54) is 0 Å². The molecular formula is C20H26N2O3S. The van der Waals surface area contributed by atoms with Crippen LogP contribution in [-0.2, 0) is 14.8 Å². The number of carbonyl (C=O) groups excluding carboxylic acids is 1. The number of anilines is 1. The number of nitrogens with one attached hydrogen (secondary N) is 1. The quantitative estimate of drug-likeness (QED) is 0.824. The molecule has 6 heteroatoms. The molecule has 0 radical (unpaired) electrons. The summed E-state index contributed by atoms with van der Waals surface area (Å²) in [6.45, 7) is 0.901. The van der Waals surface area contributed by atoms with Crippen LogP contribution in [0.3, 0.4) is 0 Å². The van der Waals surface area contributed by atoms with Crippen molar-refractivity contribution in [2.45, 2.75) is 56.6 Å². The van der Waals surface area contributed by atoms with Crippen molar-refractivity contribution in [1.29, 1.82) is 0 Å². The Balaban J connectivity index is 1.54. The molecule has 1 saturated carbocycles. The lowest BCUT2D eigenvalue weighted by atomic mass is 10.0. The van der Waals surface area contributed by atoms with E-state index < -0.39 is 10.0 Å². The maximum atomic E-state index is 12.2. The van der Waals surface area contributed by atoms with E-state index in [1.54, 1.807) is 0 Å². The third-order valence-corrected chi connectivity index (χ3v) is 6.98. The number of nitrogens with zero attached hydrogens (tertiary/aromatic N) is 1. The number of rotatable bonds is 4. The molecule has 1 aliphatic heterocycles. The van der Waals surface area contributed by atoms with Crippen LogP contribution in [0.25, 0.3) is 0 Å². The van der Waals surface area contributed by atoms with Gasteiger partial charge in [-0.3, -0.25) is 4.79 Å². The summed E-state index contributed by atoms with van der Waals surface area (Å²) in [4.78, 5) is 13.8. The van der Waals surface area contributed by atoms with Gasteiger partial charge in [0.05, 0.1) is 11.8 Å². The lowest BCUT2D eigenvalue weighted by molar-refractivity contribution is -0.119. The fourth-order valence-electron chi connectivity index (χ4n) is 3.58. The Kier molecular flexibility index (Phi) is 6.33. The molecule has 0 unspecified atom stereocenters. The lowest BCUT2D eigenvalue weighted by Gasteiger charge is -2.26. The highest BCUT2D eigenvalue weighted by Gasteiger charge is 2.26. The molecule has 26 heavy (non-hydrogen) atoms. The van der Waals surface area contributed by atoms with Crippen molar-refractivity contribution in [2.75, 3.05) is 18.0 Å². The molecule has 1 aromatic carbocycles. The summed E-state index contributed by atoms with van der Waals surface area (Å²) < 4.78 is 27.1. The van der Waals surface area contributed by atoms with Crippen LogP contribution in [0, 0.1) is 11.8 Å². The van der Waals surface area contributed by atoms with Gasteiger partial charge < -0.3 is 4.90 Å². The van der Waals surface area contributed by atoms with Crippen LogP contribution in [0.5, 0.6) is 0 Å². The molecule has 0 aromatic heterocycles. The minimum Gasteiger partial charge on any atom is -0.312 e.